The minimum absolute atomic E-state index is 0.0766. The van der Waals surface area contributed by atoms with Gasteiger partial charge in [0.25, 0.3) is 0 Å². The third-order valence-corrected chi connectivity index (χ3v) is 6.64. The van der Waals surface area contributed by atoms with E-state index in [2.05, 4.69) is 4.98 Å². The quantitative estimate of drug-likeness (QED) is 0.252. The molecule has 1 aliphatic heterocycles. The van der Waals surface area contributed by atoms with E-state index in [1.165, 1.54) is 0 Å². The van der Waals surface area contributed by atoms with E-state index in [9.17, 15) is 14.7 Å². The fourth-order valence-corrected chi connectivity index (χ4v) is 4.52. The summed E-state index contributed by atoms with van der Waals surface area (Å²) in [6.07, 6.45) is 0.537. The van der Waals surface area contributed by atoms with Crippen LogP contribution in [0.1, 0.15) is 34.0 Å². The van der Waals surface area contributed by atoms with E-state index in [-0.39, 0.29) is 17.2 Å². The summed E-state index contributed by atoms with van der Waals surface area (Å²) in [6, 6.07) is 22.9. The number of carboxylic acid groups (broad SMARTS) is 1. The Hall–Kier alpha value is -3.87. The third kappa shape index (κ3) is 5.61. The first-order valence-electron chi connectivity index (χ1n) is 11.6. The predicted molar refractivity (Wildman–Crippen MR) is 141 cm³/mol. The Bertz CT molecular complexity index is 1470. The molecule has 0 spiro atoms. The Kier molecular flexibility index (Phi) is 7.12. The molecule has 8 heteroatoms. The number of fused-ring (bicyclic) bond motifs is 1. The van der Waals surface area contributed by atoms with Gasteiger partial charge in [0.15, 0.2) is 5.78 Å². The molecule has 3 aromatic carbocycles. The van der Waals surface area contributed by atoms with Crippen molar-refractivity contribution in [3.8, 4) is 28.5 Å². The second-order valence-corrected chi connectivity index (χ2v) is 9.44. The van der Waals surface area contributed by atoms with Gasteiger partial charge in [0.2, 0.25) is 0 Å². The number of halogens is 2. The molecule has 0 aliphatic carbocycles. The minimum atomic E-state index is -0.915. The molecule has 0 radical (unpaired) electrons. The van der Waals surface area contributed by atoms with Crippen molar-refractivity contribution in [3.05, 3.63) is 106 Å². The molecule has 5 rings (SSSR count). The highest BCUT2D eigenvalue weighted by Crippen LogP contribution is 2.41. The topological polar surface area (TPSA) is 85.7 Å². The van der Waals surface area contributed by atoms with Crippen molar-refractivity contribution in [1.82, 2.24) is 4.98 Å². The van der Waals surface area contributed by atoms with Crippen molar-refractivity contribution in [1.29, 1.82) is 0 Å². The van der Waals surface area contributed by atoms with Gasteiger partial charge in [-0.2, -0.15) is 0 Å². The number of carboxylic acids is 1. The number of ether oxygens (including phenoxy) is 2. The first kappa shape index (κ1) is 24.8. The molecule has 2 heterocycles. The number of carbonyl (C=O) groups is 2. The zero-order valence-corrected chi connectivity index (χ0v) is 21.0. The Morgan fingerprint density at radius 2 is 1.76 bits per heavy atom. The monoisotopic (exact) mass is 533 g/mol. The summed E-state index contributed by atoms with van der Waals surface area (Å²) < 4.78 is 11.5. The minimum Gasteiger partial charge on any atom is -0.493 e. The average Bonchev–Trinajstić information content (AvgIpc) is 2.89. The van der Waals surface area contributed by atoms with Crippen molar-refractivity contribution in [2.45, 2.75) is 18.8 Å². The summed E-state index contributed by atoms with van der Waals surface area (Å²) in [5.41, 5.74) is 3.41. The van der Waals surface area contributed by atoms with E-state index in [4.69, 9.17) is 32.7 Å². The van der Waals surface area contributed by atoms with Crippen LogP contribution in [0.25, 0.3) is 11.3 Å². The fourth-order valence-electron chi connectivity index (χ4n) is 4.19. The fraction of sp³-hybridized carbons (Fsp3) is 0.138. The van der Waals surface area contributed by atoms with E-state index in [1.54, 1.807) is 48.5 Å². The van der Waals surface area contributed by atoms with Crippen molar-refractivity contribution >= 4 is 35.0 Å². The van der Waals surface area contributed by atoms with Crippen molar-refractivity contribution in [2.24, 2.45) is 0 Å². The number of ketones is 1. The summed E-state index contributed by atoms with van der Waals surface area (Å²) in [5, 5.41) is 10.4. The molecule has 1 aromatic heterocycles. The molecule has 0 saturated carbocycles. The summed E-state index contributed by atoms with van der Waals surface area (Å²) in [6.45, 7) is 0.305. The number of benzene rings is 3. The third-order valence-electron chi connectivity index (χ3n) is 6.09. The summed E-state index contributed by atoms with van der Waals surface area (Å²) in [4.78, 5) is 29.0. The van der Waals surface area contributed by atoms with Gasteiger partial charge in [0.05, 0.1) is 29.7 Å². The van der Waals surface area contributed by atoms with Crippen LogP contribution < -0.4 is 9.47 Å². The Labute approximate surface area is 223 Å². The van der Waals surface area contributed by atoms with Crippen molar-refractivity contribution < 1.29 is 24.2 Å². The maximum absolute atomic E-state index is 12.9. The number of aromatic nitrogens is 1. The van der Waals surface area contributed by atoms with Crippen LogP contribution in [-0.4, -0.2) is 28.4 Å². The van der Waals surface area contributed by atoms with E-state index < -0.39 is 11.9 Å². The van der Waals surface area contributed by atoms with Crippen LogP contribution in [0, 0.1) is 0 Å². The molecule has 186 valence electrons. The number of carbonyl (C=O) groups excluding carboxylic acids is 1. The van der Waals surface area contributed by atoms with E-state index in [0.29, 0.717) is 52.1 Å². The first-order chi connectivity index (χ1) is 17.9. The second-order valence-electron chi connectivity index (χ2n) is 8.60. The highest BCUT2D eigenvalue weighted by Gasteiger charge is 2.29. The molecule has 1 N–H and O–H groups in total. The van der Waals surface area contributed by atoms with Gasteiger partial charge < -0.3 is 14.6 Å². The maximum Gasteiger partial charge on any atom is 0.311 e. The molecule has 1 unspecified atom stereocenters. The standard InChI is InChI=1S/C29H21Cl2NO5/c30-19-8-4-17(5-9-19)25-3-1-2-20(32-25)14-26(33)18-6-10-21(11-7-18)37-28-16-27-23(15-24(28)31)22(29(34)35)12-13-36-27/h1-11,15-16,22H,12-14H2,(H,34,35). The number of nitrogens with zero attached hydrogens (tertiary/aromatic N) is 1. The number of hydrogen-bond acceptors (Lipinski definition) is 5. The summed E-state index contributed by atoms with van der Waals surface area (Å²) in [5.74, 6) is -0.394. The SMILES string of the molecule is O=C(Cc1cccc(-c2ccc(Cl)cc2)n1)c1ccc(Oc2cc3c(cc2Cl)C(C(=O)O)CCO3)cc1. The van der Waals surface area contributed by atoms with Crippen LogP contribution in [0.3, 0.4) is 0 Å². The number of aliphatic carboxylic acids is 1. The van der Waals surface area contributed by atoms with Gasteiger partial charge in [0.1, 0.15) is 17.2 Å². The molecule has 0 saturated heterocycles. The molecule has 1 aliphatic rings. The number of rotatable bonds is 7. The average molecular weight is 534 g/mol. The number of Topliss-reactive ketones (excluding diaryl/α,β-unsaturated/α-hetero) is 1. The molecule has 1 atom stereocenters. The van der Waals surface area contributed by atoms with Crippen LogP contribution in [0.15, 0.2) is 78.9 Å². The normalized spacial score (nSPS) is 14.4. The maximum atomic E-state index is 12.9. The van der Waals surface area contributed by atoms with Gasteiger partial charge in [-0.3, -0.25) is 14.6 Å². The van der Waals surface area contributed by atoms with Crippen LogP contribution in [-0.2, 0) is 11.2 Å². The van der Waals surface area contributed by atoms with Gasteiger partial charge in [-0.05, 0) is 61.0 Å². The van der Waals surface area contributed by atoms with E-state index in [0.717, 1.165) is 11.3 Å². The van der Waals surface area contributed by atoms with Crippen molar-refractivity contribution in [3.63, 3.8) is 0 Å². The Balaban J connectivity index is 1.28. The molecule has 0 bridgehead atoms. The molecular formula is C29H21Cl2NO5. The van der Waals surface area contributed by atoms with Gasteiger partial charge in [0, 0.05) is 33.5 Å². The predicted octanol–water partition coefficient (Wildman–Crippen LogP) is 7.22. The molecule has 6 nitrogen and oxygen atoms in total. The lowest BCUT2D eigenvalue weighted by molar-refractivity contribution is -0.139. The zero-order chi connectivity index (χ0) is 25.9. The van der Waals surface area contributed by atoms with Gasteiger partial charge in [-0.1, -0.05) is 41.4 Å². The lowest BCUT2D eigenvalue weighted by Gasteiger charge is -2.24. The first-order valence-corrected chi connectivity index (χ1v) is 12.3. The number of pyridine rings is 1. The van der Waals surface area contributed by atoms with Crippen LogP contribution in [0.2, 0.25) is 10.0 Å². The highest BCUT2D eigenvalue weighted by molar-refractivity contribution is 6.32. The van der Waals surface area contributed by atoms with Gasteiger partial charge in [-0.25, -0.2) is 0 Å². The molecule has 0 fully saturated rings. The lowest BCUT2D eigenvalue weighted by atomic mass is 9.93. The lowest BCUT2D eigenvalue weighted by Crippen LogP contribution is -2.20. The van der Waals surface area contributed by atoms with Gasteiger partial charge in [-0.15, -0.1) is 0 Å². The molecule has 4 aromatic rings. The second kappa shape index (κ2) is 10.6. The summed E-state index contributed by atoms with van der Waals surface area (Å²) >= 11 is 12.3. The largest absolute Gasteiger partial charge is 0.493 e. The highest BCUT2D eigenvalue weighted by atomic mass is 35.5. The smallest absolute Gasteiger partial charge is 0.311 e. The molecular weight excluding hydrogens is 513 g/mol. The van der Waals surface area contributed by atoms with Crippen LogP contribution in [0.4, 0.5) is 0 Å². The Morgan fingerprint density at radius 1 is 1.00 bits per heavy atom. The van der Waals surface area contributed by atoms with E-state index in [1.807, 2.05) is 30.3 Å². The molecule has 0 amide bonds. The zero-order valence-electron chi connectivity index (χ0n) is 19.5. The Morgan fingerprint density at radius 3 is 2.49 bits per heavy atom. The van der Waals surface area contributed by atoms with Crippen molar-refractivity contribution in [2.75, 3.05) is 6.61 Å². The van der Waals surface area contributed by atoms with E-state index >= 15 is 0 Å². The van der Waals surface area contributed by atoms with Crippen LogP contribution in [0.5, 0.6) is 17.2 Å². The molecule has 37 heavy (non-hydrogen) atoms. The van der Waals surface area contributed by atoms with Crippen LogP contribution >= 0.6 is 23.2 Å². The van der Waals surface area contributed by atoms with Gasteiger partial charge >= 0.3 is 5.97 Å². The summed E-state index contributed by atoms with van der Waals surface area (Å²) in [7, 11) is 0. The number of hydrogen-bond donors (Lipinski definition) is 1.